The second-order valence-electron chi connectivity index (χ2n) is 4.30. The molecule has 0 saturated carbocycles. The van der Waals surface area contributed by atoms with Crippen LogP contribution in [-0.4, -0.2) is 39.0 Å². The highest BCUT2D eigenvalue weighted by atomic mass is 16.1. The Bertz CT molecular complexity index is 511. The first-order valence-corrected chi connectivity index (χ1v) is 6.16. The van der Waals surface area contributed by atoms with Gasteiger partial charge in [-0.15, -0.1) is 0 Å². The normalized spacial score (nSPS) is 10.6. The molecule has 0 fully saturated rings. The first-order valence-electron chi connectivity index (χ1n) is 6.16. The summed E-state index contributed by atoms with van der Waals surface area (Å²) in [4.78, 5) is 11.7. The van der Waals surface area contributed by atoms with E-state index in [0.29, 0.717) is 6.54 Å². The highest BCUT2D eigenvalue weighted by Gasteiger charge is 2.09. The topological polar surface area (TPSA) is 87.6 Å². The molecular formula is C12H18N6O. The minimum atomic E-state index is -0.0759. The SMILES string of the molecule is Cc1n[nH]c(C)c1NC(=O)CNCCn1cccn1. The van der Waals surface area contributed by atoms with Crippen molar-refractivity contribution in [1.82, 2.24) is 25.3 Å². The summed E-state index contributed by atoms with van der Waals surface area (Å²) < 4.78 is 1.81. The third kappa shape index (κ3) is 3.65. The van der Waals surface area contributed by atoms with Crippen LogP contribution in [0.1, 0.15) is 11.4 Å². The second kappa shape index (κ2) is 6.14. The highest BCUT2D eigenvalue weighted by Crippen LogP contribution is 2.15. The average molecular weight is 262 g/mol. The molecule has 0 saturated heterocycles. The zero-order valence-corrected chi connectivity index (χ0v) is 11.1. The van der Waals surface area contributed by atoms with Gasteiger partial charge in [0, 0.05) is 18.9 Å². The number of aromatic amines is 1. The molecule has 0 bridgehead atoms. The summed E-state index contributed by atoms with van der Waals surface area (Å²) in [6.45, 7) is 5.43. The van der Waals surface area contributed by atoms with Crippen LogP contribution in [0, 0.1) is 13.8 Å². The van der Waals surface area contributed by atoms with Crippen LogP contribution in [0.4, 0.5) is 5.69 Å². The molecule has 2 rings (SSSR count). The standard InChI is InChI=1S/C12H18N6O/c1-9-12(10(2)17-16-9)15-11(19)8-13-5-7-18-6-3-4-14-18/h3-4,6,13H,5,7-8H2,1-2H3,(H,15,19)(H,16,17). The molecule has 0 aliphatic rings. The van der Waals surface area contributed by atoms with E-state index >= 15 is 0 Å². The van der Waals surface area contributed by atoms with Gasteiger partial charge in [0.2, 0.25) is 5.91 Å². The minimum absolute atomic E-state index is 0.0759. The lowest BCUT2D eigenvalue weighted by molar-refractivity contribution is -0.115. The summed E-state index contributed by atoms with van der Waals surface area (Å²) in [7, 11) is 0. The highest BCUT2D eigenvalue weighted by molar-refractivity contribution is 5.93. The molecule has 0 unspecified atom stereocenters. The number of carbonyl (C=O) groups is 1. The van der Waals surface area contributed by atoms with E-state index in [0.717, 1.165) is 23.6 Å². The number of hydrogen-bond donors (Lipinski definition) is 3. The molecule has 0 spiro atoms. The molecule has 2 heterocycles. The zero-order valence-electron chi connectivity index (χ0n) is 11.1. The number of hydrogen-bond acceptors (Lipinski definition) is 4. The van der Waals surface area contributed by atoms with Crippen molar-refractivity contribution in [3.63, 3.8) is 0 Å². The number of H-pyrrole nitrogens is 1. The summed E-state index contributed by atoms with van der Waals surface area (Å²) in [5, 5.41) is 16.8. The first-order chi connectivity index (χ1) is 9.16. The van der Waals surface area contributed by atoms with E-state index in [2.05, 4.69) is 25.9 Å². The fourth-order valence-electron chi connectivity index (χ4n) is 1.75. The van der Waals surface area contributed by atoms with Gasteiger partial charge >= 0.3 is 0 Å². The molecule has 2 aromatic rings. The molecule has 102 valence electrons. The molecule has 0 aliphatic carbocycles. The fraction of sp³-hybridized carbons (Fsp3) is 0.417. The van der Waals surface area contributed by atoms with Crippen LogP contribution < -0.4 is 10.6 Å². The number of carbonyl (C=O) groups excluding carboxylic acids is 1. The second-order valence-corrected chi connectivity index (χ2v) is 4.30. The first kappa shape index (κ1) is 13.3. The van der Waals surface area contributed by atoms with Crippen molar-refractivity contribution < 1.29 is 4.79 Å². The monoisotopic (exact) mass is 262 g/mol. The Morgan fingerprint density at radius 3 is 2.95 bits per heavy atom. The Labute approximate surface area is 111 Å². The van der Waals surface area contributed by atoms with Gasteiger partial charge in [-0.3, -0.25) is 14.6 Å². The van der Waals surface area contributed by atoms with Gasteiger partial charge in [-0.2, -0.15) is 10.2 Å². The third-order valence-electron chi connectivity index (χ3n) is 2.75. The average Bonchev–Trinajstić information content (AvgIpc) is 3.00. The maximum Gasteiger partial charge on any atom is 0.238 e. The predicted molar refractivity (Wildman–Crippen MR) is 71.8 cm³/mol. The van der Waals surface area contributed by atoms with Crippen LogP contribution in [-0.2, 0) is 11.3 Å². The summed E-state index contributed by atoms with van der Waals surface area (Å²) in [6.07, 6.45) is 3.62. The maximum absolute atomic E-state index is 11.7. The molecule has 2 aromatic heterocycles. The van der Waals surface area contributed by atoms with Gasteiger partial charge in [0.25, 0.3) is 0 Å². The van der Waals surface area contributed by atoms with Gasteiger partial charge in [-0.1, -0.05) is 0 Å². The van der Waals surface area contributed by atoms with Crippen molar-refractivity contribution in [1.29, 1.82) is 0 Å². The van der Waals surface area contributed by atoms with Gasteiger partial charge in [-0.05, 0) is 19.9 Å². The van der Waals surface area contributed by atoms with E-state index in [9.17, 15) is 4.79 Å². The van der Waals surface area contributed by atoms with Crippen LogP contribution in [0.25, 0.3) is 0 Å². The lowest BCUT2D eigenvalue weighted by Gasteiger charge is -2.07. The number of aromatic nitrogens is 4. The van der Waals surface area contributed by atoms with Gasteiger partial charge in [0.05, 0.1) is 30.2 Å². The fourth-order valence-corrected chi connectivity index (χ4v) is 1.75. The Morgan fingerprint density at radius 1 is 1.47 bits per heavy atom. The maximum atomic E-state index is 11.7. The molecule has 0 aliphatic heterocycles. The molecule has 0 aromatic carbocycles. The van der Waals surface area contributed by atoms with Crippen molar-refractivity contribution in [2.75, 3.05) is 18.4 Å². The summed E-state index contributed by atoms with van der Waals surface area (Å²) in [6, 6.07) is 1.87. The molecule has 7 heteroatoms. The smallest absolute Gasteiger partial charge is 0.238 e. The summed E-state index contributed by atoms with van der Waals surface area (Å²) in [5.41, 5.74) is 2.42. The Kier molecular flexibility index (Phi) is 4.30. The molecule has 1 amide bonds. The van der Waals surface area contributed by atoms with Gasteiger partial charge in [-0.25, -0.2) is 0 Å². The number of aryl methyl sites for hydroxylation is 2. The molecular weight excluding hydrogens is 244 g/mol. The lowest BCUT2D eigenvalue weighted by atomic mass is 10.3. The molecule has 3 N–H and O–H groups in total. The zero-order chi connectivity index (χ0) is 13.7. The largest absolute Gasteiger partial charge is 0.322 e. The number of amides is 1. The third-order valence-corrected chi connectivity index (χ3v) is 2.75. The quantitative estimate of drug-likeness (QED) is 0.660. The molecule has 0 atom stereocenters. The predicted octanol–water partition coefficient (Wildman–Crippen LogP) is 0.451. The van der Waals surface area contributed by atoms with Crippen molar-refractivity contribution in [2.24, 2.45) is 0 Å². The van der Waals surface area contributed by atoms with Crippen molar-refractivity contribution in [3.05, 3.63) is 29.8 Å². The van der Waals surface area contributed by atoms with Crippen LogP contribution in [0.15, 0.2) is 18.5 Å². The minimum Gasteiger partial charge on any atom is -0.322 e. The van der Waals surface area contributed by atoms with Crippen LogP contribution in [0.3, 0.4) is 0 Å². The van der Waals surface area contributed by atoms with E-state index < -0.39 is 0 Å². The Morgan fingerprint density at radius 2 is 2.32 bits per heavy atom. The molecule has 0 radical (unpaired) electrons. The van der Waals surface area contributed by atoms with Crippen molar-refractivity contribution >= 4 is 11.6 Å². The molecule has 19 heavy (non-hydrogen) atoms. The summed E-state index contributed by atoms with van der Waals surface area (Å²) >= 11 is 0. The van der Waals surface area contributed by atoms with Crippen LogP contribution in [0.5, 0.6) is 0 Å². The number of anilines is 1. The van der Waals surface area contributed by atoms with Gasteiger partial charge in [0.1, 0.15) is 0 Å². The van der Waals surface area contributed by atoms with Gasteiger partial charge < -0.3 is 10.6 Å². The van der Waals surface area contributed by atoms with E-state index in [1.165, 1.54) is 0 Å². The Hall–Kier alpha value is -2.15. The van der Waals surface area contributed by atoms with Crippen LogP contribution >= 0.6 is 0 Å². The van der Waals surface area contributed by atoms with Crippen molar-refractivity contribution in [2.45, 2.75) is 20.4 Å². The van der Waals surface area contributed by atoms with E-state index in [1.807, 2.05) is 30.8 Å². The number of nitrogens with one attached hydrogen (secondary N) is 3. The lowest BCUT2D eigenvalue weighted by Crippen LogP contribution is -2.30. The number of rotatable bonds is 6. The van der Waals surface area contributed by atoms with E-state index in [4.69, 9.17) is 0 Å². The van der Waals surface area contributed by atoms with Crippen molar-refractivity contribution in [3.8, 4) is 0 Å². The van der Waals surface area contributed by atoms with E-state index in [1.54, 1.807) is 6.20 Å². The summed E-state index contributed by atoms with van der Waals surface area (Å²) in [5.74, 6) is -0.0759. The number of nitrogens with zero attached hydrogens (tertiary/aromatic N) is 3. The van der Waals surface area contributed by atoms with Gasteiger partial charge in [0.15, 0.2) is 0 Å². The van der Waals surface area contributed by atoms with Crippen LogP contribution in [0.2, 0.25) is 0 Å². The molecule has 7 nitrogen and oxygen atoms in total. The Balaban J connectivity index is 1.70. The van der Waals surface area contributed by atoms with E-state index in [-0.39, 0.29) is 12.5 Å².